The number of unbranched alkanes of at least 4 members (excludes halogenated alkanes) is 1. The molecule has 3 aromatic rings. The van der Waals surface area contributed by atoms with Crippen molar-refractivity contribution >= 4 is 5.84 Å². The third kappa shape index (κ3) is 8.31. The molecular weight excluding hydrogens is 629 g/mol. The lowest BCUT2D eigenvalue weighted by molar-refractivity contribution is 0.177. The van der Waals surface area contributed by atoms with Gasteiger partial charge in [0, 0.05) is 36.4 Å². The number of aromatic amines is 1. The van der Waals surface area contributed by atoms with E-state index in [1.54, 1.807) is 11.1 Å². The van der Waals surface area contributed by atoms with Gasteiger partial charge in [-0.15, -0.1) is 0 Å². The Bertz CT molecular complexity index is 1580. The smallest absolute Gasteiger partial charge is 0.111 e. The molecule has 0 amide bonds. The van der Waals surface area contributed by atoms with Crippen LogP contribution in [0, 0.1) is 17.8 Å². The Labute approximate surface area is 308 Å². The van der Waals surface area contributed by atoms with Gasteiger partial charge < -0.3 is 25.7 Å². The minimum atomic E-state index is 0.118. The van der Waals surface area contributed by atoms with E-state index in [0.29, 0.717) is 35.8 Å². The molecule has 1 aliphatic carbocycles. The maximum absolute atomic E-state index is 6.15. The molecule has 6 rings (SSSR count). The molecule has 5 atom stereocenters. The van der Waals surface area contributed by atoms with E-state index in [1.807, 2.05) is 13.2 Å². The van der Waals surface area contributed by atoms with Gasteiger partial charge >= 0.3 is 0 Å². The van der Waals surface area contributed by atoms with Crippen molar-refractivity contribution in [1.82, 2.24) is 25.9 Å². The van der Waals surface area contributed by atoms with Crippen LogP contribution < -0.4 is 16.0 Å². The van der Waals surface area contributed by atoms with Crippen LogP contribution in [0.2, 0.25) is 0 Å². The van der Waals surface area contributed by atoms with Crippen LogP contribution in [0.3, 0.4) is 0 Å². The van der Waals surface area contributed by atoms with Gasteiger partial charge in [0.05, 0.1) is 30.4 Å². The standard InChI is InChI=1S/C44H66N6O/c1-8-9-11-33(26-29(2)3)42-47-24-20-38(49-42)35-18-17-34(40-36(35)19-21-44(40)22-25-51-28-44)31-13-15-32(16-14-31)39-27-48-43(50-39)37(12-10-23-45-6)41(46-7)30(4)5/h13-18,27,29-30,33,37-38,41,45-46H,8-12,19-26,28H2,1-7H3,(H,47,49)(H,48,50)/t33?,37-,38?,41?,44?/m1/s1. The third-order valence-corrected chi connectivity index (χ3v) is 12.2. The van der Waals surface area contributed by atoms with Crippen molar-refractivity contribution in [1.29, 1.82) is 0 Å². The number of benzene rings is 2. The Hall–Kier alpha value is -3.00. The topological polar surface area (TPSA) is 86.4 Å². The van der Waals surface area contributed by atoms with E-state index >= 15 is 0 Å². The number of hydrogen-bond donors (Lipinski definition) is 4. The first kappa shape index (κ1) is 37.7. The van der Waals surface area contributed by atoms with E-state index < -0.39 is 0 Å². The van der Waals surface area contributed by atoms with Crippen LogP contribution in [0.5, 0.6) is 0 Å². The highest BCUT2D eigenvalue weighted by Crippen LogP contribution is 2.51. The molecule has 1 aromatic heterocycles. The molecule has 4 N–H and O–H groups in total. The Kier molecular flexibility index (Phi) is 12.7. The number of fused-ring (bicyclic) bond motifs is 2. The molecule has 51 heavy (non-hydrogen) atoms. The first-order valence-corrected chi connectivity index (χ1v) is 20.3. The number of nitrogens with zero attached hydrogens (tertiary/aromatic N) is 2. The third-order valence-electron chi connectivity index (χ3n) is 12.2. The average Bonchev–Trinajstić information content (AvgIpc) is 3.91. The summed E-state index contributed by atoms with van der Waals surface area (Å²) in [5.41, 5.74) is 9.69. The minimum Gasteiger partial charge on any atom is -0.380 e. The summed E-state index contributed by atoms with van der Waals surface area (Å²) in [7, 11) is 4.11. The summed E-state index contributed by atoms with van der Waals surface area (Å²) in [5, 5.41) is 10.9. The summed E-state index contributed by atoms with van der Waals surface area (Å²) in [4.78, 5) is 13.8. The molecule has 0 saturated carbocycles. The van der Waals surface area contributed by atoms with Crippen molar-refractivity contribution in [2.75, 3.05) is 40.4 Å². The predicted molar refractivity (Wildman–Crippen MR) is 214 cm³/mol. The molecule has 3 aliphatic rings. The number of imidazole rings is 1. The Morgan fingerprint density at radius 3 is 2.47 bits per heavy atom. The van der Waals surface area contributed by atoms with Gasteiger partial charge in [-0.25, -0.2) is 4.98 Å². The highest BCUT2D eigenvalue weighted by Gasteiger charge is 2.45. The van der Waals surface area contributed by atoms with Crippen molar-refractivity contribution in [3.63, 3.8) is 0 Å². The van der Waals surface area contributed by atoms with Gasteiger partial charge in [-0.1, -0.05) is 83.9 Å². The maximum atomic E-state index is 6.15. The van der Waals surface area contributed by atoms with E-state index in [2.05, 4.69) is 99.0 Å². The minimum absolute atomic E-state index is 0.118. The van der Waals surface area contributed by atoms with Crippen LogP contribution in [0.15, 0.2) is 47.6 Å². The van der Waals surface area contributed by atoms with Crippen LogP contribution in [0.25, 0.3) is 22.4 Å². The Morgan fingerprint density at radius 1 is 0.980 bits per heavy atom. The van der Waals surface area contributed by atoms with Gasteiger partial charge in [0.15, 0.2) is 0 Å². The Balaban J connectivity index is 1.28. The fourth-order valence-corrected chi connectivity index (χ4v) is 9.56. The largest absolute Gasteiger partial charge is 0.380 e. The lowest BCUT2D eigenvalue weighted by Crippen LogP contribution is -2.39. The quantitative estimate of drug-likeness (QED) is 0.106. The molecule has 1 spiro atoms. The summed E-state index contributed by atoms with van der Waals surface area (Å²) in [5.74, 6) is 4.39. The summed E-state index contributed by atoms with van der Waals surface area (Å²) in [6.45, 7) is 15.2. The molecule has 7 nitrogen and oxygen atoms in total. The monoisotopic (exact) mass is 695 g/mol. The molecule has 278 valence electrons. The van der Waals surface area contributed by atoms with Crippen LogP contribution in [-0.4, -0.2) is 62.2 Å². The lowest BCUT2D eigenvalue weighted by atomic mass is 9.76. The number of amidine groups is 1. The number of hydrogen-bond acceptors (Lipinski definition) is 6. The zero-order valence-electron chi connectivity index (χ0n) is 32.7. The van der Waals surface area contributed by atoms with Gasteiger partial charge in [0.1, 0.15) is 5.82 Å². The highest BCUT2D eigenvalue weighted by atomic mass is 16.5. The van der Waals surface area contributed by atoms with E-state index in [9.17, 15) is 0 Å². The van der Waals surface area contributed by atoms with Gasteiger partial charge in [-0.05, 0) is 117 Å². The van der Waals surface area contributed by atoms with Crippen molar-refractivity contribution in [3.05, 3.63) is 65.1 Å². The molecule has 0 bridgehead atoms. The van der Waals surface area contributed by atoms with Crippen LogP contribution >= 0.6 is 0 Å². The fourth-order valence-electron chi connectivity index (χ4n) is 9.56. The predicted octanol–water partition coefficient (Wildman–Crippen LogP) is 8.96. The second-order valence-electron chi connectivity index (χ2n) is 16.5. The van der Waals surface area contributed by atoms with Crippen LogP contribution in [0.1, 0.15) is 127 Å². The summed E-state index contributed by atoms with van der Waals surface area (Å²) < 4.78 is 6.15. The molecule has 2 aliphatic heterocycles. The molecule has 1 fully saturated rings. The lowest BCUT2D eigenvalue weighted by Gasteiger charge is -2.32. The highest BCUT2D eigenvalue weighted by molar-refractivity contribution is 5.86. The van der Waals surface area contributed by atoms with E-state index in [4.69, 9.17) is 14.7 Å². The number of rotatable bonds is 17. The van der Waals surface area contributed by atoms with Crippen LogP contribution in [0.4, 0.5) is 0 Å². The number of H-pyrrole nitrogens is 1. The molecule has 3 heterocycles. The molecule has 2 aromatic carbocycles. The molecule has 4 unspecified atom stereocenters. The van der Waals surface area contributed by atoms with Gasteiger partial charge in [0.25, 0.3) is 0 Å². The van der Waals surface area contributed by atoms with Crippen LogP contribution in [-0.2, 0) is 16.6 Å². The molecule has 1 saturated heterocycles. The van der Waals surface area contributed by atoms with Crippen molar-refractivity contribution in [2.24, 2.45) is 22.7 Å². The zero-order chi connectivity index (χ0) is 36.0. The summed E-state index contributed by atoms with van der Waals surface area (Å²) in [6.07, 6.45) is 13.7. The number of nitrogens with one attached hydrogen (secondary N) is 4. The molecular formula is C44H66N6O. The van der Waals surface area contributed by atoms with Crippen molar-refractivity contribution in [3.8, 4) is 22.4 Å². The number of aromatic nitrogens is 2. The van der Waals surface area contributed by atoms with E-state index in [0.717, 1.165) is 69.9 Å². The second kappa shape index (κ2) is 17.2. The van der Waals surface area contributed by atoms with Gasteiger partial charge in [-0.3, -0.25) is 4.99 Å². The summed E-state index contributed by atoms with van der Waals surface area (Å²) in [6, 6.07) is 14.8. The van der Waals surface area contributed by atoms with Gasteiger partial charge in [0.2, 0.25) is 0 Å². The average molecular weight is 695 g/mol. The first-order chi connectivity index (χ1) is 24.8. The number of ether oxygens (including phenoxy) is 1. The zero-order valence-corrected chi connectivity index (χ0v) is 32.7. The first-order valence-electron chi connectivity index (χ1n) is 20.3. The maximum Gasteiger partial charge on any atom is 0.111 e. The number of aliphatic imine (C=N–C) groups is 1. The van der Waals surface area contributed by atoms with E-state index in [1.165, 1.54) is 60.2 Å². The normalized spacial score (nSPS) is 22.0. The fraction of sp³-hybridized carbons (Fsp3) is 0.636. The molecule has 0 radical (unpaired) electrons. The molecule has 7 heteroatoms. The second-order valence-corrected chi connectivity index (χ2v) is 16.5. The van der Waals surface area contributed by atoms with Crippen molar-refractivity contribution < 1.29 is 4.74 Å². The SMILES string of the molecule is CCCCC(CC(C)C)C1=NCCC(c2ccc(-c3ccc(-c4cnc([C@H](CCCNC)C(NC)C(C)C)[nH]4)cc3)c3c2CCC32CCOC2)N1. The van der Waals surface area contributed by atoms with Gasteiger partial charge in [-0.2, -0.15) is 0 Å². The van der Waals surface area contributed by atoms with Crippen molar-refractivity contribution in [2.45, 2.75) is 122 Å². The van der Waals surface area contributed by atoms with E-state index in [-0.39, 0.29) is 5.41 Å². The Morgan fingerprint density at radius 2 is 1.78 bits per heavy atom. The number of likely N-dealkylation sites (N-methyl/N-ethyl adjacent to an activating group) is 1. The summed E-state index contributed by atoms with van der Waals surface area (Å²) >= 11 is 0.